The minimum atomic E-state index is -0.305. The van der Waals surface area contributed by atoms with Gasteiger partial charge in [0.1, 0.15) is 5.78 Å². The van der Waals surface area contributed by atoms with Crippen molar-refractivity contribution in [2.75, 3.05) is 6.61 Å². The Morgan fingerprint density at radius 2 is 1.82 bits per heavy atom. The van der Waals surface area contributed by atoms with Crippen LogP contribution in [-0.2, 0) is 14.3 Å². The van der Waals surface area contributed by atoms with Crippen molar-refractivity contribution >= 4 is 11.8 Å². The highest BCUT2D eigenvalue weighted by atomic mass is 16.5. The molecule has 0 N–H and O–H groups in total. The van der Waals surface area contributed by atoms with Crippen molar-refractivity contribution in [1.82, 2.24) is 0 Å². The highest BCUT2D eigenvalue weighted by Gasteiger charge is 2.16. The van der Waals surface area contributed by atoms with Crippen LogP contribution >= 0.6 is 0 Å². The number of hydrogen-bond acceptors (Lipinski definition) is 3. The number of ketones is 1. The van der Waals surface area contributed by atoms with Gasteiger partial charge >= 0.3 is 5.97 Å². The zero-order valence-corrected chi connectivity index (χ0v) is 10.3. The molecule has 0 saturated heterocycles. The first-order valence-corrected chi connectivity index (χ1v) is 5.88. The Kier molecular flexibility index (Phi) is 5.40. The van der Waals surface area contributed by atoms with Gasteiger partial charge in [-0.3, -0.25) is 9.59 Å². The molecule has 17 heavy (non-hydrogen) atoms. The average Bonchev–Trinajstić information content (AvgIpc) is 2.36. The van der Waals surface area contributed by atoms with E-state index in [1.807, 2.05) is 37.3 Å². The Labute approximate surface area is 102 Å². The molecular formula is C14H18O3. The molecule has 0 radical (unpaired) electrons. The highest BCUT2D eigenvalue weighted by molar-refractivity contribution is 5.88. The Hall–Kier alpha value is -1.64. The lowest BCUT2D eigenvalue weighted by Crippen LogP contribution is -2.12. The number of Topliss-reactive ketones (excluding diaryl/α,β-unsaturated/α-hetero) is 1. The van der Waals surface area contributed by atoms with Crippen molar-refractivity contribution in [3.63, 3.8) is 0 Å². The van der Waals surface area contributed by atoms with Crippen LogP contribution in [0.25, 0.3) is 0 Å². The summed E-state index contributed by atoms with van der Waals surface area (Å²) in [5.41, 5.74) is 0.987. The summed E-state index contributed by atoms with van der Waals surface area (Å²) in [5.74, 6) is -0.393. The van der Waals surface area contributed by atoms with Crippen molar-refractivity contribution in [2.24, 2.45) is 0 Å². The van der Waals surface area contributed by atoms with Crippen LogP contribution in [0.15, 0.2) is 30.3 Å². The van der Waals surface area contributed by atoms with Crippen molar-refractivity contribution in [3.8, 4) is 0 Å². The molecule has 3 nitrogen and oxygen atoms in total. The van der Waals surface area contributed by atoms with Crippen LogP contribution < -0.4 is 0 Å². The summed E-state index contributed by atoms with van der Waals surface area (Å²) in [6.45, 7) is 3.98. The molecule has 0 bridgehead atoms. The molecule has 0 aromatic heterocycles. The second-order valence-electron chi connectivity index (χ2n) is 3.90. The third-order valence-electron chi connectivity index (χ3n) is 2.66. The van der Waals surface area contributed by atoms with E-state index in [-0.39, 0.29) is 30.5 Å². The van der Waals surface area contributed by atoms with E-state index in [1.54, 1.807) is 6.92 Å². The van der Waals surface area contributed by atoms with Gasteiger partial charge in [-0.1, -0.05) is 37.3 Å². The lowest BCUT2D eigenvalue weighted by atomic mass is 9.94. The molecular weight excluding hydrogens is 216 g/mol. The van der Waals surface area contributed by atoms with Crippen molar-refractivity contribution in [3.05, 3.63) is 35.9 Å². The van der Waals surface area contributed by atoms with Crippen LogP contribution in [0.4, 0.5) is 0 Å². The van der Waals surface area contributed by atoms with Gasteiger partial charge in [0.15, 0.2) is 0 Å². The fourth-order valence-corrected chi connectivity index (χ4v) is 1.60. The number of hydrogen-bond donors (Lipinski definition) is 0. The van der Waals surface area contributed by atoms with E-state index >= 15 is 0 Å². The van der Waals surface area contributed by atoms with Crippen LogP contribution in [0.1, 0.15) is 38.2 Å². The van der Waals surface area contributed by atoms with Gasteiger partial charge in [0.05, 0.1) is 13.0 Å². The zero-order chi connectivity index (χ0) is 12.7. The Morgan fingerprint density at radius 1 is 1.18 bits per heavy atom. The molecule has 1 atom stereocenters. The van der Waals surface area contributed by atoms with E-state index in [2.05, 4.69) is 0 Å². The number of rotatable bonds is 6. The van der Waals surface area contributed by atoms with Gasteiger partial charge in [-0.05, 0) is 12.5 Å². The molecule has 0 fully saturated rings. The Morgan fingerprint density at radius 3 is 2.41 bits per heavy atom. The van der Waals surface area contributed by atoms with E-state index in [9.17, 15) is 9.59 Å². The van der Waals surface area contributed by atoms with Crippen molar-refractivity contribution < 1.29 is 14.3 Å². The normalized spacial score (nSPS) is 11.9. The molecule has 0 aliphatic carbocycles. The third kappa shape index (κ3) is 4.39. The SMILES string of the molecule is CCOC(=O)CCC(=O)C(C)c1ccccc1. The standard InChI is InChI=1S/C14H18O3/c1-3-17-14(16)10-9-13(15)11(2)12-7-5-4-6-8-12/h4-8,11H,3,9-10H2,1-2H3. The monoisotopic (exact) mass is 234 g/mol. The second kappa shape index (κ2) is 6.84. The fourth-order valence-electron chi connectivity index (χ4n) is 1.60. The first kappa shape index (κ1) is 13.4. The van der Waals surface area contributed by atoms with E-state index in [0.717, 1.165) is 5.56 Å². The van der Waals surface area contributed by atoms with E-state index in [0.29, 0.717) is 6.61 Å². The van der Waals surface area contributed by atoms with Gasteiger partial charge in [0.25, 0.3) is 0 Å². The summed E-state index contributed by atoms with van der Waals surface area (Å²) in [6, 6.07) is 9.58. The van der Waals surface area contributed by atoms with Crippen LogP contribution in [-0.4, -0.2) is 18.4 Å². The zero-order valence-electron chi connectivity index (χ0n) is 10.3. The lowest BCUT2D eigenvalue weighted by Gasteiger charge is -2.10. The summed E-state index contributed by atoms with van der Waals surface area (Å²) in [4.78, 5) is 23.0. The van der Waals surface area contributed by atoms with E-state index in [1.165, 1.54) is 0 Å². The van der Waals surface area contributed by atoms with Crippen molar-refractivity contribution in [1.29, 1.82) is 0 Å². The largest absolute Gasteiger partial charge is 0.466 e. The minimum absolute atomic E-state index is 0.0734. The highest BCUT2D eigenvalue weighted by Crippen LogP contribution is 2.17. The average molecular weight is 234 g/mol. The number of carbonyl (C=O) groups excluding carboxylic acids is 2. The maximum absolute atomic E-state index is 11.8. The molecule has 0 spiro atoms. The maximum atomic E-state index is 11.8. The van der Waals surface area contributed by atoms with Gasteiger partial charge in [-0.15, -0.1) is 0 Å². The summed E-state index contributed by atoms with van der Waals surface area (Å²) in [5, 5.41) is 0. The maximum Gasteiger partial charge on any atom is 0.306 e. The molecule has 0 aliphatic heterocycles. The summed E-state index contributed by atoms with van der Waals surface area (Å²) in [7, 11) is 0. The third-order valence-corrected chi connectivity index (χ3v) is 2.66. The lowest BCUT2D eigenvalue weighted by molar-refractivity contribution is -0.144. The van der Waals surface area contributed by atoms with Gasteiger partial charge in [-0.25, -0.2) is 0 Å². The second-order valence-corrected chi connectivity index (χ2v) is 3.90. The van der Waals surface area contributed by atoms with E-state index < -0.39 is 0 Å². The molecule has 1 aromatic rings. The summed E-state index contributed by atoms with van der Waals surface area (Å²) < 4.78 is 4.79. The fraction of sp³-hybridized carbons (Fsp3) is 0.429. The number of carbonyl (C=O) groups is 2. The smallest absolute Gasteiger partial charge is 0.306 e. The van der Waals surface area contributed by atoms with E-state index in [4.69, 9.17) is 4.74 Å². The first-order chi connectivity index (χ1) is 8.15. The molecule has 0 amide bonds. The minimum Gasteiger partial charge on any atom is -0.466 e. The Bertz CT molecular complexity index is 370. The van der Waals surface area contributed by atoms with Gasteiger partial charge in [0, 0.05) is 12.3 Å². The van der Waals surface area contributed by atoms with Gasteiger partial charge in [0.2, 0.25) is 0 Å². The van der Waals surface area contributed by atoms with Gasteiger partial charge in [-0.2, -0.15) is 0 Å². The molecule has 1 unspecified atom stereocenters. The molecule has 0 aliphatic rings. The molecule has 92 valence electrons. The predicted octanol–water partition coefficient (Wildman–Crippen LogP) is 2.70. The summed E-state index contributed by atoms with van der Waals surface area (Å²) >= 11 is 0. The molecule has 1 rings (SSSR count). The first-order valence-electron chi connectivity index (χ1n) is 5.88. The van der Waals surface area contributed by atoms with Crippen molar-refractivity contribution in [2.45, 2.75) is 32.6 Å². The van der Waals surface area contributed by atoms with Crippen LogP contribution in [0.2, 0.25) is 0 Å². The predicted molar refractivity (Wildman–Crippen MR) is 65.7 cm³/mol. The molecule has 3 heteroatoms. The van der Waals surface area contributed by atoms with Gasteiger partial charge < -0.3 is 4.74 Å². The quantitative estimate of drug-likeness (QED) is 0.711. The summed E-state index contributed by atoms with van der Waals surface area (Å²) in [6.07, 6.45) is 0.415. The van der Waals surface area contributed by atoms with Crippen LogP contribution in [0, 0.1) is 0 Å². The topological polar surface area (TPSA) is 43.4 Å². The number of benzene rings is 1. The number of ether oxygens (including phenoxy) is 1. The Balaban J connectivity index is 2.45. The molecule has 1 aromatic carbocycles. The van der Waals surface area contributed by atoms with Crippen LogP contribution in [0.3, 0.4) is 0 Å². The molecule has 0 saturated carbocycles. The number of esters is 1. The van der Waals surface area contributed by atoms with Crippen LogP contribution in [0.5, 0.6) is 0 Å². The molecule has 0 heterocycles.